The molecule has 0 radical (unpaired) electrons. The molecule has 0 fully saturated rings. The fourth-order valence-electron chi connectivity index (χ4n) is 1.51. The van der Waals surface area contributed by atoms with Crippen LogP contribution in [0.15, 0.2) is 24.3 Å². The fraction of sp³-hybridized carbons (Fsp3) is 0.400. The summed E-state index contributed by atoms with van der Waals surface area (Å²) in [6.07, 6.45) is 6.76. The largest absolute Gasteiger partial charge is 0.457 e. The van der Waals surface area contributed by atoms with Crippen LogP contribution in [-0.4, -0.2) is 28.4 Å². The van der Waals surface area contributed by atoms with Crippen molar-refractivity contribution in [2.45, 2.75) is 23.5 Å². The molecule has 14 heavy (non-hydrogen) atoms. The number of allylic oxidation sites excluding steroid dienone is 1. The summed E-state index contributed by atoms with van der Waals surface area (Å²) >= 11 is 1.53. The molecule has 0 aliphatic carbocycles. The minimum Gasteiger partial charge on any atom is -0.457 e. The predicted octanol–water partition coefficient (Wildman–Crippen LogP) is 1.10. The van der Waals surface area contributed by atoms with Crippen molar-refractivity contribution < 1.29 is 14.3 Å². The zero-order chi connectivity index (χ0) is 10.1. The van der Waals surface area contributed by atoms with Gasteiger partial charge in [-0.1, -0.05) is 12.2 Å². The van der Waals surface area contributed by atoms with E-state index in [2.05, 4.69) is 0 Å². The monoisotopic (exact) mass is 210 g/mol. The van der Waals surface area contributed by atoms with Gasteiger partial charge in [0.1, 0.15) is 6.10 Å². The van der Waals surface area contributed by atoms with Crippen molar-refractivity contribution in [1.82, 2.24) is 0 Å². The molecule has 2 rings (SSSR count). The summed E-state index contributed by atoms with van der Waals surface area (Å²) in [5.41, 5.74) is 0. The average molecular weight is 210 g/mol. The zero-order valence-corrected chi connectivity index (χ0v) is 8.49. The van der Waals surface area contributed by atoms with E-state index in [1.807, 2.05) is 0 Å². The van der Waals surface area contributed by atoms with E-state index < -0.39 is 0 Å². The smallest absolute Gasteiger partial charge is 0.303 e. The van der Waals surface area contributed by atoms with E-state index in [0.717, 1.165) is 0 Å². The normalized spacial score (nSPS) is 34.4. The number of thioether (sulfide) groups is 1. The first-order valence-electron chi connectivity index (χ1n) is 4.40. The fourth-order valence-corrected chi connectivity index (χ4v) is 2.71. The molecule has 3 atom stereocenters. The molecule has 0 saturated carbocycles. The van der Waals surface area contributed by atoms with Crippen molar-refractivity contribution in [3.8, 4) is 0 Å². The highest BCUT2D eigenvalue weighted by molar-refractivity contribution is 8.01. The predicted molar refractivity (Wildman–Crippen MR) is 54.0 cm³/mol. The Labute approximate surface area is 86.2 Å². The highest BCUT2D eigenvalue weighted by Gasteiger charge is 2.33. The maximum Gasteiger partial charge on any atom is 0.303 e. The lowest BCUT2D eigenvalue weighted by molar-refractivity contribution is -0.143. The van der Waals surface area contributed by atoms with Crippen molar-refractivity contribution in [2.75, 3.05) is 0 Å². The number of hydrogen-bond acceptors (Lipinski definition) is 4. The Hall–Kier alpha value is -1.03. The van der Waals surface area contributed by atoms with Crippen LogP contribution in [0.4, 0.5) is 0 Å². The lowest BCUT2D eigenvalue weighted by Crippen LogP contribution is -2.35. The van der Waals surface area contributed by atoms with E-state index in [-0.39, 0.29) is 28.4 Å². The molecular formula is C10H10O3S. The van der Waals surface area contributed by atoms with Crippen molar-refractivity contribution in [3.05, 3.63) is 24.3 Å². The van der Waals surface area contributed by atoms with Gasteiger partial charge in [0.25, 0.3) is 0 Å². The number of ketones is 1. The Bertz CT molecular complexity index is 332. The van der Waals surface area contributed by atoms with E-state index in [1.165, 1.54) is 18.7 Å². The molecule has 0 spiro atoms. The summed E-state index contributed by atoms with van der Waals surface area (Å²) in [6, 6.07) is 0. The molecule has 0 aromatic heterocycles. The van der Waals surface area contributed by atoms with Gasteiger partial charge < -0.3 is 4.74 Å². The Morgan fingerprint density at radius 1 is 1.43 bits per heavy atom. The molecule has 3 nitrogen and oxygen atoms in total. The summed E-state index contributed by atoms with van der Waals surface area (Å²) in [5, 5.41) is 0.00316. The Morgan fingerprint density at radius 2 is 2.21 bits per heavy atom. The standard InChI is InChI=1S/C10H10O3S/c1-6(11)13-8-3-5-9-7(12)2-4-10(8)14-9/h2-5,8-10H,1H3/t8-,9-,10-/m0/s1. The van der Waals surface area contributed by atoms with Crippen LogP contribution >= 0.6 is 11.8 Å². The van der Waals surface area contributed by atoms with Crippen LogP contribution in [0.3, 0.4) is 0 Å². The third-order valence-corrected chi connectivity index (χ3v) is 3.56. The van der Waals surface area contributed by atoms with Crippen molar-refractivity contribution >= 4 is 23.5 Å². The molecule has 0 unspecified atom stereocenters. The van der Waals surface area contributed by atoms with Gasteiger partial charge in [-0.2, -0.15) is 0 Å². The van der Waals surface area contributed by atoms with Crippen LogP contribution in [-0.2, 0) is 14.3 Å². The number of esters is 1. The molecule has 0 aromatic rings. The molecule has 2 heterocycles. The molecule has 0 amide bonds. The molecule has 0 N–H and O–H groups in total. The summed E-state index contributed by atoms with van der Waals surface area (Å²) in [7, 11) is 0. The summed E-state index contributed by atoms with van der Waals surface area (Å²) in [4.78, 5) is 22.0. The second-order valence-corrected chi connectivity index (χ2v) is 4.57. The first-order valence-corrected chi connectivity index (χ1v) is 5.34. The van der Waals surface area contributed by atoms with E-state index in [9.17, 15) is 9.59 Å². The maximum absolute atomic E-state index is 11.3. The quantitative estimate of drug-likeness (QED) is 0.480. The van der Waals surface area contributed by atoms with Gasteiger partial charge in [0.05, 0.1) is 10.5 Å². The first kappa shape index (κ1) is 9.52. The third-order valence-electron chi connectivity index (χ3n) is 2.14. The van der Waals surface area contributed by atoms with Crippen molar-refractivity contribution in [2.24, 2.45) is 0 Å². The first-order chi connectivity index (χ1) is 6.66. The van der Waals surface area contributed by atoms with Crippen LogP contribution in [0.1, 0.15) is 6.92 Å². The van der Waals surface area contributed by atoms with Gasteiger partial charge in [-0.3, -0.25) is 9.59 Å². The SMILES string of the molecule is CC(=O)O[C@H]1C=C[C@@H]2S[C@H]1C=CC2=O. The van der Waals surface area contributed by atoms with Gasteiger partial charge in [-0.15, -0.1) is 11.8 Å². The maximum atomic E-state index is 11.3. The number of ether oxygens (including phenoxy) is 1. The number of rotatable bonds is 1. The molecule has 0 aromatic carbocycles. The number of fused-ring (bicyclic) bond motifs is 2. The van der Waals surface area contributed by atoms with E-state index in [0.29, 0.717) is 0 Å². The van der Waals surface area contributed by atoms with Crippen LogP contribution in [0.25, 0.3) is 0 Å². The van der Waals surface area contributed by atoms with Crippen molar-refractivity contribution in [3.63, 3.8) is 0 Å². The second-order valence-electron chi connectivity index (χ2n) is 3.24. The van der Waals surface area contributed by atoms with Gasteiger partial charge in [-0.25, -0.2) is 0 Å². The lowest BCUT2D eigenvalue weighted by Gasteiger charge is -2.30. The van der Waals surface area contributed by atoms with Crippen LogP contribution in [0, 0.1) is 0 Å². The van der Waals surface area contributed by atoms with E-state index >= 15 is 0 Å². The molecule has 4 heteroatoms. The highest BCUT2D eigenvalue weighted by Crippen LogP contribution is 2.33. The molecule has 2 aliphatic heterocycles. The van der Waals surface area contributed by atoms with E-state index in [1.54, 1.807) is 24.3 Å². The van der Waals surface area contributed by atoms with Gasteiger partial charge in [0, 0.05) is 6.92 Å². The van der Waals surface area contributed by atoms with Gasteiger partial charge >= 0.3 is 5.97 Å². The Morgan fingerprint density at radius 3 is 2.93 bits per heavy atom. The third kappa shape index (κ3) is 1.75. The van der Waals surface area contributed by atoms with E-state index in [4.69, 9.17) is 4.74 Å². The zero-order valence-electron chi connectivity index (χ0n) is 7.67. The molecule has 0 saturated heterocycles. The number of carbonyl (C=O) groups excluding carboxylic acids is 2. The number of hydrogen-bond donors (Lipinski definition) is 0. The molecular weight excluding hydrogens is 200 g/mol. The Balaban J connectivity index is 2.14. The van der Waals surface area contributed by atoms with Crippen LogP contribution in [0.5, 0.6) is 0 Å². The second kappa shape index (κ2) is 3.61. The van der Waals surface area contributed by atoms with Gasteiger partial charge in [-0.05, 0) is 12.2 Å². The topological polar surface area (TPSA) is 43.4 Å². The van der Waals surface area contributed by atoms with Crippen molar-refractivity contribution in [1.29, 1.82) is 0 Å². The summed E-state index contributed by atoms with van der Waals surface area (Å²) < 4.78 is 5.10. The minimum atomic E-state index is -0.288. The van der Waals surface area contributed by atoms with Gasteiger partial charge in [0.15, 0.2) is 5.78 Å². The molecule has 2 bridgehead atoms. The highest BCUT2D eigenvalue weighted by atomic mass is 32.2. The lowest BCUT2D eigenvalue weighted by atomic mass is 10.1. The van der Waals surface area contributed by atoms with Gasteiger partial charge in [0.2, 0.25) is 0 Å². The minimum absolute atomic E-state index is 0.0863. The number of carbonyl (C=O) groups is 2. The summed E-state index contributed by atoms with van der Waals surface area (Å²) in [6.45, 7) is 1.39. The summed E-state index contributed by atoms with van der Waals surface area (Å²) in [5.74, 6) is -0.173. The molecule has 2 aliphatic rings. The molecule has 74 valence electrons. The van der Waals surface area contributed by atoms with Crippen LogP contribution < -0.4 is 0 Å². The Kier molecular flexibility index (Phi) is 2.46. The van der Waals surface area contributed by atoms with Crippen LogP contribution in [0.2, 0.25) is 0 Å². The average Bonchev–Trinajstić information content (AvgIpc) is 2.14.